The molecule has 5 nitrogen and oxygen atoms in total. The molecule has 0 saturated carbocycles. The van der Waals surface area contributed by atoms with Crippen LogP contribution in [0.3, 0.4) is 0 Å². The summed E-state index contributed by atoms with van der Waals surface area (Å²) in [6.45, 7) is 0.651. The second-order valence-electron chi connectivity index (χ2n) is 5.55. The Labute approximate surface area is 143 Å². The van der Waals surface area contributed by atoms with Crippen molar-refractivity contribution in [3.63, 3.8) is 0 Å². The summed E-state index contributed by atoms with van der Waals surface area (Å²) in [7, 11) is 0. The number of rotatable bonds is 4. The van der Waals surface area contributed by atoms with Crippen LogP contribution in [0.25, 0.3) is 10.2 Å². The van der Waals surface area contributed by atoms with E-state index >= 15 is 0 Å². The summed E-state index contributed by atoms with van der Waals surface area (Å²) in [5.41, 5.74) is 0.836. The van der Waals surface area contributed by atoms with Crippen LogP contribution in [0.15, 0.2) is 48.5 Å². The van der Waals surface area contributed by atoms with Crippen molar-refractivity contribution in [3.05, 3.63) is 48.5 Å². The first-order chi connectivity index (χ1) is 11.8. The van der Waals surface area contributed by atoms with Crippen molar-refractivity contribution in [2.45, 2.75) is 18.9 Å². The zero-order valence-electron chi connectivity index (χ0n) is 12.9. The van der Waals surface area contributed by atoms with Gasteiger partial charge in [-0.25, -0.2) is 4.98 Å². The Kier molecular flexibility index (Phi) is 4.15. The second kappa shape index (κ2) is 6.59. The highest BCUT2D eigenvalue weighted by atomic mass is 32.1. The van der Waals surface area contributed by atoms with E-state index in [0.29, 0.717) is 11.7 Å². The highest BCUT2D eigenvalue weighted by Crippen LogP contribution is 2.31. The molecule has 3 aromatic rings. The van der Waals surface area contributed by atoms with Gasteiger partial charge in [-0.15, -0.1) is 0 Å². The number of amides is 1. The number of ether oxygens (including phenoxy) is 2. The molecule has 0 spiro atoms. The number of fused-ring (bicyclic) bond motifs is 1. The minimum absolute atomic E-state index is 0.118. The molecule has 1 atom stereocenters. The standard InChI is InChI=1S/C18H16N2O3S/c21-17(15-7-4-10-22-15)20-18-19-14-9-8-13(11-16(14)24-18)23-12-5-2-1-3-6-12/h1-3,5-6,8-9,11,15H,4,7,10H2,(H,19,20,21)/t15-/m0/s1. The van der Waals surface area contributed by atoms with E-state index in [1.165, 1.54) is 11.3 Å². The SMILES string of the molecule is O=C(Nc1nc2ccc(Oc3ccccc3)cc2s1)[C@@H]1CCCO1. The van der Waals surface area contributed by atoms with Crippen LogP contribution in [0.4, 0.5) is 5.13 Å². The van der Waals surface area contributed by atoms with Gasteiger partial charge in [0.25, 0.3) is 5.91 Å². The highest BCUT2D eigenvalue weighted by Gasteiger charge is 2.24. The molecule has 0 bridgehead atoms. The van der Waals surface area contributed by atoms with Crippen molar-refractivity contribution in [3.8, 4) is 11.5 Å². The van der Waals surface area contributed by atoms with Crippen molar-refractivity contribution in [1.82, 2.24) is 4.98 Å². The number of nitrogens with one attached hydrogen (secondary N) is 1. The van der Waals surface area contributed by atoms with E-state index in [0.717, 1.165) is 34.6 Å². The summed E-state index contributed by atoms with van der Waals surface area (Å²) in [6.07, 6.45) is 1.35. The Balaban J connectivity index is 1.51. The maximum Gasteiger partial charge on any atom is 0.255 e. The fourth-order valence-electron chi connectivity index (χ4n) is 2.62. The zero-order valence-corrected chi connectivity index (χ0v) is 13.7. The average molecular weight is 340 g/mol. The predicted octanol–water partition coefficient (Wildman–Crippen LogP) is 4.21. The van der Waals surface area contributed by atoms with Gasteiger partial charge in [-0.05, 0) is 37.1 Å². The van der Waals surface area contributed by atoms with Gasteiger partial charge >= 0.3 is 0 Å². The van der Waals surface area contributed by atoms with Gasteiger partial charge < -0.3 is 9.47 Å². The van der Waals surface area contributed by atoms with Crippen molar-refractivity contribution in [1.29, 1.82) is 0 Å². The van der Waals surface area contributed by atoms with Crippen LogP contribution in [0.2, 0.25) is 0 Å². The fourth-order valence-corrected chi connectivity index (χ4v) is 3.51. The Hall–Kier alpha value is -2.44. The number of hydrogen-bond acceptors (Lipinski definition) is 5. The molecule has 122 valence electrons. The lowest BCUT2D eigenvalue weighted by Gasteiger charge is -2.07. The number of aromatic nitrogens is 1. The third-order valence-corrected chi connectivity index (χ3v) is 4.72. The topological polar surface area (TPSA) is 60.5 Å². The van der Waals surface area contributed by atoms with Crippen LogP contribution in [-0.4, -0.2) is 23.6 Å². The molecule has 24 heavy (non-hydrogen) atoms. The lowest BCUT2D eigenvalue weighted by atomic mass is 10.2. The van der Waals surface area contributed by atoms with Gasteiger partial charge in [0.05, 0.1) is 10.2 Å². The molecule has 0 unspecified atom stereocenters. The van der Waals surface area contributed by atoms with E-state index < -0.39 is 0 Å². The Morgan fingerprint density at radius 1 is 1.21 bits per heavy atom. The smallest absolute Gasteiger partial charge is 0.255 e. The fraction of sp³-hybridized carbons (Fsp3) is 0.222. The monoisotopic (exact) mass is 340 g/mol. The largest absolute Gasteiger partial charge is 0.457 e. The lowest BCUT2D eigenvalue weighted by Crippen LogP contribution is -2.26. The maximum atomic E-state index is 12.1. The third kappa shape index (κ3) is 3.25. The highest BCUT2D eigenvalue weighted by molar-refractivity contribution is 7.22. The number of para-hydroxylation sites is 1. The van der Waals surface area contributed by atoms with Gasteiger partial charge in [-0.3, -0.25) is 10.1 Å². The molecule has 1 aromatic heterocycles. The molecular weight excluding hydrogens is 324 g/mol. The zero-order chi connectivity index (χ0) is 16.4. The number of carbonyl (C=O) groups excluding carboxylic acids is 1. The van der Waals surface area contributed by atoms with Crippen LogP contribution >= 0.6 is 11.3 Å². The Morgan fingerprint density at radius 2 is 2.08 bits per heavy atom. The summed E-state index contributed by atoms with van der Waals surface area (Å²) in [6, 6.07) is 15.3. The Morgan fingerprint density at radius 3 is 2.88 bits per heavy atom. The van der Waals surface area contributed by atoms with Crippen molar-refractivity contribution in [2.24, 2.45) is 0 Å². The van der Waals surface area contributed by atoms with Gasteiger partial charge in [0.2, 0.25) is 0 Å². The van der Waals surface area contributed by atoms with E-state index in [2.05, 4.69) is 10.3 Å². The van der Waals surface area contributed by atoms with Crippen molar-refractivity contribution < 1.29 is 14.3 Å². The summed E-state index contributed by atoms with van der Waals surface area (Å²) in [5.74, 6) is 1.41. The van der Waals surface area contributed by atoms with E-state index in [9.17, 15) is 4.79 Å². The predicted molar refractivity (Wildman–Crippen MR) is 93.7 cm³/mol. The van der Waals surface area contributed by atoms with Gasteiger partial charge in [0, 0.05) is 12.7 Å². The number of thiazole rings is 1. The number of benzene rings is 2. The molecule has 1 aliphatic heterocycles. The van der Waals surface area contributed by atoms with E-state index in [4.69, 9.17) is 9.47 Å². The number of carbonyl (C=O) groups is 1. The van der Waals surface area contributed by atoms with Crippen molar-refractivity contribution >= 4 is 32.6 Å². The van der Waals surface area contributed by atoms with Crippen molar-refractivity contribution in [2.75, 3.05) is 11.9 Å². The number of anilines is 1. The molecule has 2 heterocycles. The lowest BCUT2D eigenvalue weighted by molar-refractivity contribution is -0.124. The minimum Gasteiger partial charge on any atom is -0.457 e. The maximum absolute atomic E-state index is 12.1. The Bertz CT molecular complexity index is 857. The molecule has 6 heteroatoms. The first-order valence-electron chi connectivity index (χ1n) is 7.84. The molecule has 1 fully saturated rings. The van der Waals surface area contributed by atoms with Gasteiger partial charge in [0.15, 0.2) is 5.13 Å². The molecule has 1 N–H and O–H groups in total. The molecule has 1 saturated heterocycles. The molecular formula is C18H16N2O3S. The van der Waals surface area contributed by atoms with Gasteiger partial charge in [-0.2, -0.15) is 0 Å². The summed E-state index contributed by atoms with van der Waals surface area (Å²) < 4.78 is 12.2. The van der Waals surface area contributed by atoms with E-state index in [1.807, 2.05) is 48.5 Å². The third-order valence-electron chi connectivity index (χ3n) is 3.79. The summed E-state index contributed by atoms with van der Waals surface area (Å²) >= 11 is 1.43. The average Bonchev–Trinajstić information content (AvgIpc) is 3.24. The molecule has 1 amide bonds. The molecule has 0 aliphatic carbocycles. The van der Waals surface area contributed by atoms with Gasteiger partial charge in [-0.1, -0.05) is 29.5 Å². The van der Waals surface area contributed by atoms with Crippen LogP contribution in [0, 0.1) is 0 Å². The number of hydrogen-bond donors (Lipinski definition) is 1. The molecule has 0 radical (unpaired) electrons. The number of nitrogens with zero attached hydrogens (tertiary/aromatic N) is 1. The molecule has 2 aromatic carbocycles. The summed E-state index contributed by atoms with van der Waals surface area (Å²) in [4.78, 5) is 16.6. The van der Waals surface area contributed by atoms with Gasteiger partial charge in [0.1, 0.15) is 17.6 Å². The van der Waals surface area contributed by atoms with Crippen LogP contribution in [0.1, 0.15) is 12.8 Å². The van der Waals surface area contributed by atoms with E-state index in [1.54, 1.807) is 0 Å². The molecule has 1 aliphatic rings. The minimum atomic E-state index is -0.353. The van der Waals surface area contributed by atoms with E-state index in [-0.39, 0.29) is 12.0 Å². The normalized spacial score (nSPS) is 17.1. The molecule has 4 rings (SSSR count). The first kappa shape index (κ1) is 15.1. The summed E-state index contributed by atoms with van der Waals surface area (Å²) in [5, 5.41) is 3.43. The van der Waals surface area contributed by atoms with Crippen LogP contribution in [-0.2, 0) is 9.53 Å². The quantitative estimate of drug-likeness (QED) is 0.773. The van der Waals surface area contributed by atoms with Crippen LogP contribution in [0.5, 0.6) is 11.5 Å². The second-order valence-corrected chi connectivity index (χ2v) is 6.59. The van der Waals surface area contributed by atoms with Crippen LogP contribution < -0.4 is 10.1 Å². The first-order valence-corrected chi connectivity index (χ1v) is 8.65.